The lowest BCUT2D eigenvalue weighted by molar-refractivity contribution is 0.0472. The second-order valence-electron chi connectivity index (χ2n) is 4.29. The Kier molecular flexibility index (Phi) is 3.39. The third-order valence-corrected chi connectivity index (χ3v) is 3.36. The number of nitrogens with zero attached hydrogens (tertiary/aromatic N) is 1. The molecule has 2 aromatic heterocycles. The van der Waals surface area contributed by atoms with E-state index in [0.29, 0.717) is 16.1 Å². The number of aromatic amines is 1. The van der Waals surface area contributed by atoms with E-state index in [4.69, 9.17) is 16.3 Å². The van der Waals surface area contributed by atoms with Gasteiger partial charge in [0.25, 0.3) is 0 Å². The van der Waals surface area contributed by atoms with Crippen molar-refractivity contribution in [2.75, 3.05) is 0 Å². The first-order chi connectivity index (χ1) is 9.75. The maximum atomic E-state index is 12.0. The fourth-order valence-electron chi connectivity index (χ4n) is 1.92. The Morgan fingerprint density at radius 2 is 2.05 bits per heavy atom. The predicted octanol–water partition coefficient (Wildman–Crippen LogP) is 3.57. The molecule has 0 atom stereocenters. The van der Waals surface area contributed by atoms with Gasteiger partial charge in [-0.3, -0.25) is 0 Å². The van der Waals surface area contributed by atoms with E-state index in [9.17, 15) is 4.79 Å². The largest absolute Gasteiger partial charge is 0.457 e. The molecule has 0 amide bonds. The van der Waals surface area contributed by atoms with Gasteiger partial charge in [-0.05, 0) is 11.6 Å². The maximum Gasteiger partial charge on any atom is 0.341 e. The van der Waals surface area contributed by atoms with Gasteiger partial charge in [0, 0.05) is 17.8 Å². The first kappa shape index (κ1) is 12.7. The van der Waals surface area contributed by atoms with E-state index >= 15 is 0 Å². The predicted molar refractivity (Wildman–Crippen MR) is 76.7 cm³/mol. The summed E-state index contributed by atoms with van der Waals surface area (Å²) in [6.07, 6.45) is 3.15. The van der Waals surface area contributed by atoms with Gasteiger partial charge in [-0.2, -0.15) is 0 Å². The summed E-state index contributed by atoms with van der Waals surface area (Å²) in [7, 11) is 0. The normalized spacial score (nSPS) is 10.7. The summed E-state index contributed by atoms with van der Waals surface area (Å²) in [6.45, 7) is 0.210. The minimum atomic E-state index is -0.477. The molecule has 0 fully saturated rings. The van der Waals surface area contributed by atoms with Crippen LogP contribution in [0.1, 0.15) is 15.9 Å². The fourth-order valence-corrected chi connectivity index (χ4v) is 2.20. The van der Waals surface area contributed by atoms with Gasteiger partial charge in [0.15, 0.2) is 0 Å². The number of carbonyl (C=O) groups is 1. The van der Waals surface area contributed by atoms with Gasteiger partial charge < -0.3 is 9.72 Å². The summed E-state index contributed by atoms with van der Waals surface area (Å²) in [5, 5.41) is 1.06. The number of H-pyrrole nitrogens is 1. The van der Waals surface area contributed by atoms with Crippen LogP contribution in [0.4, 0.5) is 0 Å². The smallest absolute Gasteiger partial charge is 0.341 e. The standard InChI is InChI=1S/C15H11ClN2O2/c16-13-11-6-7-17-14(11)18-8-12(13)15(19)20-9-10-4-2-1-3-5-10/h1-8H,9H2,(H,17,18). The Bertz CT molecular complexity index is 753. The van der Waals surface area contributed by atoms with Crippen LogP contribution < -0.4 is 0 Å². The second kappa shape index (κ2) is 5.35. The molecule has 0 bridgehead atoms. The van der Waals surface area contributed by atoms with Crippen LogP contribution in [0.3, 0.4) is 0 Å². The topological polar surface area (TPSA) is 55.0 Å². The van der Waals surface area contributed by atoms with E-state index in [0.717, 1.165) is 5.56 Å². The molecule has 0 aliphatic rings. The number of hydrogen-bond acceptors (Lipinski definition) is 3. The molecule has 4 nitrogen and oxygen atoms in total. The van der Waals surface area contributed by atoms with Crippen LogP contribution in [-0.2, 0) is 11.3 Å². The highest BCUT2D eigenvalue weighted by atomic mass is 35.5. The van der Waals surface area contributed by atoms with Gasteiger partial charge in [-0.15, -0.1) is 0 Å². The molecule has 0 saturated heterocycles. The van der Waals surface area contributed by atoms with Crippen molar-refractivity contribution < 1.29 is 9.53 Å². The molecule has 0 radical (unpaired) electrons. The Labute approximate surface area is 120 Å². The number of rotatable bonds is 3. The SMILES string of the molecule is O=C(OCc1ccccc1)c1cnc2[nH]ccc2c1Cl. The van der Waals surface area contributed by atoms with Crippen molar-refractivity contribution >= 4 is 28.6 Å². The van der Waals surface area contributed by atoms with Crippen molar-refractivity contribution in [1.82, 2.24) is 9.97 Å². The van der Waals surface area contributed by atoms with Crippen molar-refractivity contribution in [2.24, 2.45) is 0 Å². The zero-order chi connectivity index (χ0) is 13.9. The number of hydrogen-bond donors (Lipinski definition) is 1. The van der Waals surface area contributed by atoms with Crippen molar-refractivity contribution in [3.63, 3.8) is 0 Å². The van der Waals surface area contributed by atoms with E-state index in [2.05, 4.69) is 9.97 Å². The highest BCUT2D eigenvalue weighted by Gasteiger charge is 2.15. The first-order valence-corrected chi connectivity index (χ1v) is 6.46. The lowest BCUT2D eigenvalue weighted by Gasteiger charge is -2.06. The number of esters is 1. The molecule has 0 aliphatic heterocycles. The average Bonchev–Trinajstić information content (AvgIpc) is 2.96. The van der Waals surface area contributed by atoms with Gasteiger partial charge in [0.2, 0.25) is 0 Å². The minimum absolute atomic E-state index is 0.210. The number of halogens is 1. The summed E-state index contributed by atoms with van der Waals surface area (Å²) in [4.78, 5) is 19.1. The minimum Gasteiger partial charge on any atom is -0.457 e. The number of aromatic nitrogens is 2. The zero-order valence-corrected chi connectivity index (χ0v) is 11.2. The summed E-state index contributed by atoms with van der Waals surface area (Å²) in [6, 6.07) is 11.3. The Balaban J connectivity index is 1.80. The van der Waals surface area contributed by atoms with Gasteiger partial charge >= 0.3 is 5.97 Å². The molecule has 0 saturated carbocycles. The monoisotopic (exact) mass is 286 g/mol. The van der Waals surface area contributed by atoms with Crippen LogP contribution in [-0.4, -0.2) is 15.9 Å². The van der Waals surface area contributed by atoms with Gasteiger partial charge in [-0.25, -0.2) is 9.78 Å². The van der Waals surface area contributed by atoms with E-state index in [1.807, 2.05) is 30.3 Å². The Morgan fingerprint density at radius 1 is 1.25 bits per heavy atom. The van der Waals surface area contributed by atoms with Crippen LogP contribution in [0.15, 0.2) is 48.8 Å². The lowest BCUT2D eigenvalue weighted by Crippen LogP contribution is -2.06. The summed E-state index contributed by atoms with van der Waals surface area (Å²) < 4.78 is 5.25. The molecule has 0 aliphatic carbocycles. The molecule has 0 spiro atoms. The van der Waals surface area contributed by atoms with E-state index in [-0.39, 0.29) is 12.2 Å². The first-order valence-electron chi connectivity index (χ1n) is 6.08. The van der Waals surface area contributed by atoms with E-state index < -0.39 is 5.97 Å². The molecule has 0 unspecified atom stereocenters. The molecule has 1 N–H and O–H groups in total. The molecule has 5 heteroatoms. The van der Waals surface area contributed by atoms with Crippen LogP contribution in [0, 0.1) is 0 Å². The number of carbonyl (C=O) groups excluding carboxylic acids is 1. The van der Waals surface area contributed by atoms with Crippen LogP contribution in [0.25, 0.3) is 11.0 Å². The highest BCUT2D eigenvalue weighted by Crippen LogP contribution is 2.25. The third-order valence-electron chi connectivity index (χ3n) is 2.95. The van der Waals surface area contributed by atoms with Gasteiger partial charge in [-0.1, -0.05) is 41.9 Å². The number of ether oxygens (including phenoxy) is 1. The number of fused-ring (bicyclic) bond motifs is 1. The Hall–Kier alpha value is -2.33. The number of benzene rings is 1. The van der Waals surface area contributed by atoms with Crippen molar-refractivity contribution in [2.45, 2.75) is 6.61 Å². The molecular weight excluding hydrogens is 276 g/mol. The van der Waals surface area contributed by atoms with Crippen molar-refractivity contribution in [1.29, 1.82) is 0 Å². The lowest BCUT2D eigenvalue weighted by atomic mass is 10.2. The molecule has 2 heterocycles. The molecular formula is C15H11ClN2O2. The zero-order valence-electron chi connectivity index (χ0n) is 10.5. The molecule has 3 aromatic rings. The number of pyridine rings is 1. The molecule has 1 aromatic carbocycles. The van der Waals surface area contributed by atoms with Crippen molar-refractivity contribution in [3.05, 3.63) is 64.9 Å². The fraction of sp³-hybridized carbons (Fsp3) is 0.0667. The van der Waals surface area contributed by atoms with Crippen LogP contribution in [0.5, 0.6) is 0 Å². The summed E-state index contributed by atoms with van der Waals surface area (Å²) >= 11 is 6.20. The van der Waals surface area contributed by atoms with E-state index in [1.54, 1.807) is 12.3 Å². The molecule has 3 rings (SSSR count). The molecule has 100 valence electrons. The van der Waals surface area contributed by atoms with Crippen LogP contribution in [0.2, 0.25) is 5.02 Å². The average molecular weight is 287 g/mol. The molecule has 20 heavy (non-hydrogen) atoms. The maximum absolute atomic E-state index is 12.0. The quantitative estimate of drug-likeness (QED) is 0.749. The van der Waals surface area contributed by atoms with Gasteiger partial charge in [0.1, 0.15) is 12.3 Å². The second-order valence-corrected chi connectivity index (χ2v) is 4.67. The van der Waals surface area contributed by atoms with Gasteiger partial charge in [0.05, 0.1) is 10.6 Å². The van der Waals surface area contributed by atoms with E-state index in [1.165, 1.54) is 6.20 Å². The summed E-state index contributed by atoms with van der Waals surface area (Å²) in [5.41, 5.74) is 1.84. The van der Waals surface area contributed by atoms with Crippen LogP contribution >= 0.6 is 11.6 Å². The van der Waals surface area contributed by atoms with Crippen molar-refractivity contribution in [3.8, 4) is 0 Å². The third kappa shape index (κ3) is 2.38. The summed E-state index contributed by atoms with van der Waals surface area (Å²) in [5.74, 6) is -0.477. The highest BCUT2D eigenvalue weighted by molar-refractivity contribution is 6.38. The number of nitrogens with one attached hydrogen (secondary N) is 1. The Morgan fingerprint density at radius 3 is 2.85 bits per heavy atom.